The van der Waals surface area contributed by atoms with Crippen LogP contribution < -0.4 is 5.32 Å². The lowest BCUT2D eigenvalue weighted by Crippen LogP contribution is -2.18. The Morgan fingerprint density at radius 3 is 2.72 bits per heavy atom. The zero-order valence-electron chi connectivity index (χ0n) is 11.0. The van der Waals surface area contributed by atoms with E-state index in [4.69, 9.17) is 11.6 Å². The van der Waals surface area contributed by atoms with Crippen LogP contribution in [0.15, 0.2) is 29.6 Å². The van der Waals surface area contributed by atoms with Gasteiger partial charge >= 0.3 is 0 Å². The summed E-state index contributed by atoms with van der Waals surface area (Å²) >= 11 is 7.62. The number of halogens is 1. The van der Waals surface area contributed by atoms with Gasteiger partial charge in [-0.2, -0.15) is 0 Å². The molecule has 0 aliphatic rings. The number of hydrogen-bond donors (Lipinski definition) is 1. The van der Waals surface area contributed by atoms with Gasteiger partial charge in [0.2, 0.25) is 0 Å². The number of nitrogens with one attached hydrogen (secondary N) is 1. The van der Waals surface area contributed by atoms with Crippen molar-refractivity contribution in [1.82, 2.24) is 5.32 Å². The van der Waals surface area contributed by atoms with Crippen LogP contribution in [0.3, 0.4) is 0 Å². The lowest BCUT2D eigenvalue weighted by molar-refractivity contribution is 0.576. The van der Waals surface area contributed by atoms with Crippen molar-refractivity contribution in [3.8, 4) is 0 Å². The zero-order chi connectivity index (χ0) is 13.1. The molecule has 1 heterocycles. The summed E-state index contributed by atoms with van der Waals surface area (Å²) in [5.74, 6) is 0. The summed E-state index contributed by atoms with van der Waals surface area (Å²) in [6.45, 7) is 7.37. The molecule has 0 amide bonds. The summed E-state index contributed by atoms with van der Waals surface area (Å²) in [4.78, 5) is 1.28. The van der Waals surface area contributed by atoms with Gasteiger partial charge in [-0.1, -0.05) is 35.4 Å². The topological polar surface area (TPSA) is 12.0 Å². The highest BCUT2D eigenvalue weighted by Gasteiger charge is 2.08. The molecule has 18 heavy (non-hydrogen) atoms. The minimum atomic E-state index is 0.353. The van der Waals surface area contributed by atoms with Crippen LogP contribution in [0.1, 0.15) is 34.5 Å². The maximum absolute atomic E-state index is 5.92. The Kier molecular flexibility index (Phi) is 4.44. The molecule has 1 atom stereocenters. The summed E-state index contributed by atoms with van der Waals surface area (Å²) in [6.07, 6.45) is 0. The van der Waals surface area contributed by atoms with Crippen molar-refractivity contribution in [2.75, 3.05) is 0 Å². The fourth-order valence-corrected chi connectivity index (χ4v) is 3.06. The van der Waals surface area contributed by atoms with Crippen LogP contribution in [-0.2, 0) is 6.54 Å². The van der Waals surface area contributed by atoms with E-state index in [9.17, 15) is 0 Å². The Balaban J connectivity index is 2.03. The molecule has 0 saturated heterocycles. The third kappa shape index (κ3) is 3.35. The summed E-state index contributed by atoms with van der Waals surface area (Å²) in [5, 5.41) is 6.35. The lowest BCUT2D eigenvalue weighted by atomic mass is 10.00. The molecule has 0 aliphatic carbocycles. The third-order valence-electron chi connectivity index (χ3n) is 3.11. The number of thiophene rings is 1. The first kappa shape index (κ1) is 13.6. The van der Waals surface area contributed by atoms with Gasteiger partial charge in [0.05, 0.1) is 5.02 Å². The molecule has 3 heteroatoms. The van der Waals surface area contributed by atoms with Gasteiger partial charge in [-0.25, -0.2) is 0 Å². The molecule has 0 bridgehead atoms. The predicted molar refractivity (Wildman–Crippen MR) is 80.5 cm³/mol. The SMILES string of the molecule is Cc1ccc(C)c(C(C)NCc2cc(Cl)cs2)c1. The predicted octanol–water partition coefficient (Wildman–Crippen LogP) is 4.87. The van der Waals surface area contributed by atoms with Crippen LogP contribution in [0.5, 0.6) is 0 Å². The Labute approximate surface area is 118 Å². The average Bonchev–Trinajstić information content (AvgIpc) is 2.75. The van der Waals surface area contributed by atoms with E-state index in [0.717, 1.165) is 11.6 Å². The average molecular weight is 280 g/mol. The van der Waals surface area contributed by atoms with Gasteiger partial charge in [0.25, 0.3) is 0 Å². The number of benzene rings is 1. The summed E-state index contributed by atoms with van der Waals surface area (Å²) < 4.78 is 0. The van der Waals surface area contributed by atoms with Crippen LogP contribution in [0.4, 0.5) is 0 Å². The molecular formula is C15H18ClNS. The molecule has 1 aromatic carbocycles. The van der Waals surface area contributed by atoms with Gasteiger partial charge < -0.3 is 5.32 Å². The van der Waals surface area contributed by atoms with Crippen LogP contribution in [0.2, 0.25) is 5.02 Å². The van der Waals surface area contributed by atoms with Crippen molar-refractivity contribution in [3.05, 3.63) is 56.2 Å². The second-order valence-corrected chi connectivity index (χ2v) is 6.13. The molecule has 2 aromatic rings. The van der Waals surface area contributed by atoms with Crippen LogP contribution in [0.25, 0.3) is 0 Å². The first-order valence-electron chi connectivity index (χ1n) is 6.09. The fourth-order valence-electron chi connectivity index (χ4n) is 2.04. The Hall–Kier alpha value is -0.830. The van der Waals surface area contributed by atoms with E-state index in [-0.39, 0.29) is 0 Å². The molecule has 1 N–H and O–H groups in total. The fraction of sp³-hybridized carbons (Fsp3) is 0.333. The van der Waals surface area contributed by atoms with Crippen molar-refractivity contribution in [2.45, 2.75) is 33.4 Å². The van der Waals surface area contributed by atoms with Crippen molar-refractivity contribution in [3.63, 3.8) is 0 Å². The molecular weight excluding hydrogens is 262 g/mol. The maximum atomic E-state index is 5.92. The minimum absolute atomic E-state index is 0.353. The van der Waals surface area contributed by atoms with Gasteiger partial charge in [-0.05, 0) is 38.0 Å². The molecule has 0 spiro atoms. The smallest absolute Gasteiger partial charge is 0.0516 e. The normalized spacial score (nSPS) is 12.7. The number of hydrogen-bond acceptors (Lipinski definition) is 2. The van der Waals surface area contributed by atoms with Gasteiger partial charge in [-0.3, -0.25) is 0 Å². The summed E-state index contributed by atoms with van der Waals surface area (Å²) in [5.41, 5.74) is 4.02. The minimum Gasteiger partial charge on any atom is -0.305 e. The van der Waals surface area contributed by atoms with E-state index in [1.54, 1.807) is 11.3 Å². The molecule has 0 saturated carbocycles. The van der Waals surface area contributed by atoms with E-state index >= 15 is 0 Å². The largest absolute Gasteiger partial charge is 0.305 e. The highest BCUT2D eigenvalue weighted by Crippen LogP contribution is 2.22. The van der Waals surface area contributed by atoms with Gasteiger partial charge in [-0.15, -0.1) is 11.3 Å². The molecule has 1 nitrogen and oxygen atoms in total. The zero-order valence-corrected chi connectivity index (χ0v) is 12.5. The molecule has 1 unspecified atom stereocenters. The van der Waals surface area contributed by atoms with Crippen LogP contribution in [-0.4, -0.2) is 0 Å². The van der Waals surface area contributed by atoms with E-state index in [1.165, 1.54) is 21.6 Å². The summed E-state index contributed by atoms with van der Waals surface area (Å²) in [6, 6.07) is 8.98. The number of rotatable bonds is 4. The molecule has 1 aromatic heterocycles. The lowest BCUT2D eigenvalue weighted by Gasteiger charge is -2.16. The van der Waals surface area contributed by atoms with Gasteiger partial charge in [0.15, 0.2) is 0 Å². The van der Waals surface area contributed by atoms with Crippen LogP contribution in [0, 0.1) is 13.8 Å². The first-order chi connectivity index (χ1) is 8.56. The van der Waals surface area contributed by atoms with E-state index < -0.39 is 0 Å². The Bertz CT molecular complexity index is 533. The van der Waals surface area contributed by atoms with Crippen LogP contribution >= 0.6 is 22.9 Å². The highest BCUT2D eigenvalue weighted by molar-refractivity contribution is 7.10. The van der Waals surface area contributed by atoms with Crippen molar-refractivity contribution in [1.29, 1.82) is 0 Å². The van der Waals surface area contributed by atoms with Crippen molar-refractivity contribution in [2.24, 2.45) is 0 Å². The second kappa shape index (κ2) is 5.87. The Morgan fingerprint density at radius 2 is 2.06 bits per heavy atom. The van der Waals surface area contributed by atoms with Crippen molar-refractivity contribution < 1.29 is 0 Å². The molecule has 0 radical (unpaired) electrons. The molecule has 0 fully saturated rings. The quantitative estimate of drug-likeness (QED) is 0.842. The van der Waals surface area contributed by atoms with E-state index in [2.05, 4.69) is 44.3 Å². The second-order valence-electron chi connectivity index (χ2n) is 4.69. The van der Waals surface area contributed by atoms with E-state index in [0.29, 0.717) is 6.04 Å². The first-order valence-corrected chi connectivity index (χ1v) is 7.35. The molecule has 96 valence electrons. The Morgan fingerprint density at radius 1 is 1.28 bits per heavy atom. The third-order valence-corrected chi connectivity index (χ3v) is 4.39. The summed E-state index contributed by atoms with van der Waals surface area (Å²) in [7, 11) is 0. The van der Waals surface area contributed by atoms with Crippen molar-refractivity contribution >= 4 is 22.9 Å². The molecule has 2 rings (SSSR count). The standard InChI is InChI=1S/C15H18ClNS/c1-10-4-5-11(2)15(6-10)12(3)17-8-14-7-13(16)9-18-14/h4-7,9,12,17H,8H2,1-3H3. The monoisotopic (exact) mass is 279 g/mol. The maximum Gasteiger partial charge on any atom is 0.0516 e. The van der Waals surface area contributed by atoms with Gasteiger partial charge in [0, 0.05) is 22.8 Å². The highest BCUT2D eigenvalue weighted by atomic mass is 35.5. The number of aryl methyl sites for hydroxylation is 2. The van der Waals surface area contributed by atoms with E-state index in [1.807, 2.05) is 11.4 Å². The molecule has 0 aliphatic heterocycles. The van der Waals surface area contributed by atoms with Gasteiger partial charge in [0.1, 0.15) is 0 Å².